The summed E-state index contributed by atoms with van der Waals surface area (Å²) in [6, 6.07) is 4.05. The van der Waals surface area contributed by atoms with Gasteiger partial charge in [0.15, 0.2) is 10.2 Å². The molecule has 1 aliphatic rings. The van der Waals surface area contributed by atoms with Crippen molar-refractivity contribution in [2.24, 2.45) is 7.05 Å². The number of aromatic nitrogens is 6. The van der Waals surface area contributed by atoms with E-state index in [1.807, 2.05) is 22.4 Å². The molecule has 0 spiro atoms. The number of hydrogen-bond acceptors (Lipinski definition) is 8. The van der Waals surface area contributed by atoms with Crippen molar-refractivity contribution in [1.29, 1.82) is 0 Å². The van der Waals surface area contributed by atoms with Crippen LogP contribution in [0.15, 0.2) is 45.8 Å². The molecular weight excluding hydrogens is 352 g/mol. The summed E-state index contributed by atoms with van der Waals surface area (Å²) in [5, 5.41) is 13.8. The van der Waals surface area contributed by atoms with Gasteiger partial charge in [0.05, 0.1) is 13.1 Å². The number of furan rings is 1. The third kappa shape index (κ3) is 4.32. The Hall–Kier alpha value is -2.17. The van der Waals surface area contributed by atoms with Crippen LogP contribution in [0.5, 0.6) is 0 Å². The molecule has 138 valence electrons. The van der Waals surface area contributed by atoms with Gasteiger partial charge in [-0.2, -0.15) is 5.10 Å². The lowest BCUT2D eigenvalue weighted by Gasteiger charge is -2.34. The quantitative estimate of drug-likeness (QED) is 0.605. The third-order valence-corrected chi connectivity index (χ3v) is 5.43. The molecule has 3 aromatic rings. The van der Waals surface area contributed by atoms with E-state index >= 15 is 0 Å². The molecule has 1 fully saturated rings. The highest BCUT2D eigenvalue weighted by Crippen LogP contribution is 2.27. The fraction of sp³-hybridized carbons (Fsp3) is 0.500. The minimum atomic E-state index is 0.826. The van der Waals surface area contributed by atoms with Crippen LogP contribution in [0.3, 0.4) is 0 Å². The molecule has 0 amide bonds. The van der Waals surface area contributed by atoms with Crippen LogP contribution in [0.2, 0.25) is 0 Å². The Bertz CT molecular complexity index is 806. The predicted molar refractivity (Wildman–Crippen MR) is 95.6 cm³/mol. The highest BCUT2D eigenvalue weighted by Gasteiger charge is 2.18. The van der Waals surface area contributed by atoms with Gasteiger partial charge in [0.25, 0.3) is 0 Å². The van der Waals surface area contributed by atoms with E-state index in [1.165, 1.54) is 11.8 Å². The third-order valence-electron chi connectivity index (χ3n) is 4.45. The highest BCUT2D eigenvalue weighted by atomic mass is 32.2. The van der Waals surface area contributed by atoms with E-state index in [-0.39, 0.29) is 0 Å². The largest absolute Gasteiger partial charge is 0.453 e. The van der Waals surface area contributed by atoms with Gasteiger partial charge in [-0.1, -0.05) is 0 Å². The monoisotopic (exact) mass is 374 g/mol. The molecule has 0 atom stereocenters. The fourth-order valence-electron chi connectivity index (χ4n) is 2.94. The van der Waals surface area contributed by atoms with E-state index in [1.54, 1.807) is 19.0 Å². The maximum atomic E-state index is 5.95. The average molecular weight is 374 g/mol. The molecule has 0 saturated carbocycles. The van der Waals surface area contributed by atoms with Crippen molar-refractivity contribution < 1.29 is 4.42 Å². The molecular formula is C16H22N8OS. The zero-order valence-corrected chi connectivity index (χ0v) is 15.5. The van der Waals surface area contributed by atoms with Crippen molar-refractivity contribution in [3.8, 4) is 0 Å². The normalized spacial score (nSPS) is 16.3. The van der Waals surface area contributed by atoms with Gasteiger partial charge in [0.2, 0.25) is 0 Å². The molecule has 4 heterocycles. The Labute approximate surface area is 156 Å². The van der Waals surface area contributed by atoms with E-state index in [2.05, 4.69) is 36.1 Å². The SMILES string of the molecule is Cn1cnnc1Sc1ccc(CN2CCN(CCn3cncn3)CC2)o1. The molecule has 0 bridgehead atoms. The van der Waals surface area contributed by atoms with E-state index in [9.17, 15) is 0 Å². The zero-order valence-electron chi connectivity index (χ0n) is 14.7. The van der Waals surface area contributed by atoms with E-state index in [0.717, 1.165) is 61.8 Å². The van der Waals surface area contributed by atoms with E-state index in [4.69, 9.17) is 4.42 Å². The first-order valence-corrected chi connectivity index (χ1v) is 9.45. The molecule has 1 aliphatic heterocycles. The average Bonchev–Trinajstić information content (AvgIpc) is 3.39. The standard InChI is InChI=1S/C16H22N8OS/c1-21-13-18-20-16(21)26-15-3-2-14(25-15)10-23-6-4-22(5-7-23)8-9-24-12-17-11-19-24/h2-3,11-13H,4-10H2,1H3. The zero-order chi connectivity index (χ0) is 17.8. The molecule has 4 rings (SSSR count). The van der Waals surface area contributed by atoms with Crippen molar-refractivity contribution >= 4 is 11.8 Å². The summed E-state index contributed by atoms with van der Waals surface area (Å²) in [5.74, 6) is 0.991. The van der Waals surface area contributed by atoms with Gasteiger partial charge in [0.1, 0.15) is 24.7 Å². The molecule has 9 nitrogen and oxygen atoms in total. The summed E-state index contributed by atoms with van der Waals surface area (Å²) >= 11 is 1.49. The molecule has 0 radical (unpaired) electrons. The van der Waals surface area contributed by atoms with Gasteiger partial charge in [-0.15, -0.1) is 10.2 Å². The second-order valence-corrected chi connectivity index (χ2v) is 7.30. The first-order valence-electron chi connectivity index (χ1n) is 8.64. The summed E-state index contributed by atoms with van der Waals surface area (Å²) in [4.78, 5) is 8.88. The molecule has 0 aliphatic carbocycles. The number of nitrogens with zero attached hydrogens (tertiary/aromatic N) is 8. The summed E-state index contributed by atoms with van der Waals surface area (Å²) in [6.07, 6.45) is 5.04. The Kier molecular flexibility index (Phi) is 5.32. The van der Waals surface area contributed by atoms with Crippen LogP contribution in [-0.4, -0.2) is 72.1 Å². The Morgan fingerprint density at radius 2 is 1.92 bits per heavy atom. The maximum Gasteiger partial charge on any atom is 0.198 e. The van der Waals surface area contributed by atoms with Crippen LogP contribution in [-0.2, 0) is 20.1 Å². The molecule has 0 unspecified atom stereocenters. The van der Waals surface area contributed by atoms with Crippen molar-refractivity contribution in [2.75, 3.05) is 32.7 Å². The lowest BCUT2D eigenvalue weighted by molar-refractivity contribution is 0.116. The van der Waals surface area contributed by atoms with Crippen LogP contribution >= 0.6 is 11.8 Å². The highest BCUT2D eigenvalue weighted by molar-refractivity contribution is 7.99. The van der Waals surface area contributed by atoms with Crippen LogP contribution in [0.25, 0.3) is 0 Å². The topological polar surface area (TPSA) is 81.0 Å². The van der Waals surface area contributed by atoms with Gasteiger partial charge >= 0.3 is 0 Å². The van der Waals surface area contributed by atoms with E-state index in [0.29, 0.717) is 0 Å². The molecule has 0 N–H and O–H groups in total. The van der Waals surface area contributed by atoms with Crippen LogP contribution < -0.4 is 0 Å². The Morgan fingerprint density at radius 3 is 2.65 bits per heavy atom. The van der Waals surface area contributed by atoms with Gasteiger partial charge in [-0.3, -0.25) is 14.5 Å². The molecule has 10 heteroatoms. The summed E-state index contributed by atoms with van der Waals surface area (Å²) in [6.45, 7) is 6.97. The van der Waals surface area contributed by atoms with Crippen LogP contribution in [0.1, 0.15) is 5.76 Å². The predicted octanol–water partition coefficient (Wildman–Crippen LogP) is 0.969. The number of rotatable bonds is 7. The maximum absolute atomic E-state index is 5.95. The first-order chi connectivity index (χ1) is 12.8. The van der Waals surface area contributed by atoms with Crippen LogP contribution in [0, 0.1) is 0 Å². The lowest BCUT2D eigenvalue weighted by Crippen LogP contribution is -2.46. The minimum Gasteiger partial charge on any atom is -0.453 e. The smallest absolute Gasteiger partial charge is 0.198 e. The second kappa shape index (κ2) is 8.02. The van der Waals surface area contributed by atoms with Crippen molar-refractivity contribution in [3.63, 3.8) is 0 Å². The minimum absolute atomic E-state index is 0.826. The molecule has 3 aromatic heterocycles. The Balaban J connectivity index is 1.22. The van der Waals surface area contributed by atoms with Gasteiger partial charge in [0, 0.05) is 39.8 Å². The van der Waals surface area contributed by atoms with Crippen molar-refractivity contribution in [1.82, 2.24) is 39.3 Å². The van der Waals surface area contributed by atoms with Gasteiger partial charge < -0.3 is 8.98 Å². The number of aryl methyl sites for hydroxylation is 1. The first kappa shape index (κ1) is 17.3. The van der Waals surface area contributed by atoms with Gasteiger partial charge in [-0.25, -0.2) is 4.98 Å². The lowest BCUT2D eigenvalue weighted by atomic mass is 10.3. The summed E-state index contributed by atoms with van der Waals surface area (Å²) in [7, 11) is 1.93. The van der Waals surface area contributed by atoms with Crippen LogP contribution in [0.4, 0.5) is 0 Å². The molecule has 26 heavy (non-hydrogen) atoms. The number of piperazine rings is 1. The van der Waals surface area contributed by atoms with Crippen molar-refractivity contribution in [2.45, 2.75) is 23.3 Å². The van der Waals surface area contributed by atoms with Crippen molar-refractivity contribution in [3.05, 3.63) is 36.9 Å². The Morgan fingerprint density at radius 1 is 1.08 bits per heavy atom. The second-order valence-electron chi connectivity index (χ2n) is 6.32. The molecule has 1 saturated heterocycles. The van der Waals surface area contributed by atoms with E-state index < -0.39 is 0 Å². The molecule has 0 aromatic carbocycles. The summed E-state index contributed by atoms with van der Waals surface area (Å²) < 4.78 is 9.71. The number of hydrogen-bond donors (Lipinski definition) is 0. The van der Waals surface area contributed by atoms with Gasteiger partial charge in [-0.05, 0) is 23.9 Å². The summed E-state index contributed by atoms with van der Waals surface area (Å²) in [5.41, 5.74) is 0. The fourth-order valence-corrected chi connectivity index (χ4v) is 3.68.